The summed E-state index contributed by atoms with van der Waals surface area (Å²) in [6.45, 7) is 5.75. The first-order chi connectivity index (χ1) is 9.69. The zero-order chi connectivity index (χ0) is 14.4. The lowest BCUT2D eigenvalue weighted by molar-refractivity contribution is 0.0763. The van der Waals surface area contributed by atoms with E-state index in [1.807, 2.05) is 13.0 Å². The summed E-state index contributed by atoms with van der Waals surface area (Å²) in [7, 11) is 0. The molecule has 0 spiro atoms. The Morgan fingerprint density at radius 3 is 2.80 bits per heavy atom. The van der Waals surface area contributed by atoms with Gasteiger partial charge < -0.3 is 15.7 Å². The van der Waals surface area contributed by atoms with Crippen molar-refractivity contribution in [3.63, 3.8) is 0 Å². The Bertz CT molecular complexity index is 424. The van der Waals surface area contributed by atoms with E-state index in [9.17, 15) is 5.11 Å². The van der Waals surface area contributed by atoms with Gasteiger partial charge in [-0.3, -0.25) is 0 Å². The third kappa shape index (κ3) is 4.34. The Morgan fingerprint density at radius 2 is 2.05 bits per heavy atom. The second kappa shape index (κ2) is 7.43. The van der Waals surface area contributed by atoms with Gasteiger partial charge >= 0.3 is 0 Å². The minimum atomic E-state index is -0.170. The van der Waals surface area contributed by atoms with Gasteiger partial charge in [0.2, 0.25) is 5.95 Å². The summed E-state index contributed by atoms with van der Waals surface area (Å²) in [5.41, 5.74) is 0.949. The normalized spacial score (nSPS) is 22.6. The zero-order valence-corrected chi connectivity index (χ0v) is 12.5. The van der Waals surface area contributed by atoms with Crippen LogP contribution >= 0.6 is 0 Å². The lowest BCUT2D eigenvalue weighted by Gasteiger charge is -2.27. The zero-order valence-electron chi connectivity index (χ0n) is 12.5. The van der Waals surface area contributed by atoms with Crippen LogP contribution in [0.1, 0.15) is 44.7 Å². The van der Waals surface area contributed by atoms with E-state index >= 15 is 0 Å². The van der Waals surface area contributed by atoms with Crippen LogP contribution in [0.25, 0.3) is 0 Å². The van der Waals surface area contributed by atoms with Gasteiger partial charge in [-0.1, -0.05) is 19.8 Å². The van der Waals surface area contributed by atoms with E-state index in [-0.39, 0.29) is 6.10 Å². The highest BCUT2D eigenvalue weighted by molar-refractivity contribution is 5.42. The molecule has 0 radical (unpaired) electrons. The molecule has 3 N–H and O–H groups in total. The molecule has 2 unspecified atom stereocenters. The molecule has 0 aliphatic heterocycles. The lowest BCUT2D eigenvalue weighted by atomic mass is 9.86. The van der Waals surface area contributed by atoms with Crippen LogP contribution in [0.15, 0.2) is 6.07 Å². The summed E-state index contributed by atoms with van der Waals surface area (Å²) in [5, 5.41) is 16.5. The molecule has 0 bridgehead atoms. The smallest absolute Gasteiger partial charge is 0.224 e. The maximum absolute atomic E-state index is 9.99. The first-order valence-electron chi connectivity index (χ1n) is 7.70. The first-order valence-corrected chi connectivity index (χ1v) is 7.70. The maximum atomic E-state index is 9.99. The molecule has 112 valence electrons. The van der Waals surface area contributed by atoms with Gasteiger partial charge in [-0.25, -0.2) is 4.98 Å². The summed E-state index contributed by atoms with van der Waals surface area (Å²) >= 11 is 0. The van der Waals surface area contributed by atoms with E-state index in [4.69, 9.17) is 0 Å². The fraction of sp³-hybridized carbons (Fsp3) is 0.733. The van der Waals surface area contributed by atoms with Crippen molar-refractivity contribution in [1.82, 2.24) is 9.97 Å². The monoisotopic (exact) mass is 278 g/mol. The molecule has 20 heavy (non-hydrogen) atoms. The van der Waals surface area contributed by atoms with E-state index in [2.05, 4.69) is 27.5 Å². The van der Waals surface area contributed by atoms with Crippen LogP contribution in [-0.2, 0) is 0 Å². The minimum absolute atomic E-state index is 0.170. The average molecular weight is 278 g/mol. The predicted molar refractivity (Wildman–Crippen MR) is 82.0 cm³/mol. The van der Waals surface area contributed by atoms with Crippen LogP contribution in [0, 0.1) is 12.8 Å². The number of nitrogens with one attached hydrogen (secondary N) is 2. The largest absolute Gasteiger partial charge is 0.393 e. The van der Waals surface area contributed by atoms with Crippen LogP contribution in [0.4, 0.5) is 11.8 Å². The highest BCUT2D eigenvalue weighted by atomic mass is 16.3. The highest BCUT2D eigenvalue weighted by Crippen LogP contribution is 2.24. The number of nitrogens with zero attached hydrogens (tertiary/aromatic N) is 2. The molecule has 2 rings (SSSR count). The molecule has 1 saturated carbocycles. The van der Waals surface area contributed by atoms with E-state index in [1.165, 1.54) is 6.42 Å². The highest BCUT2D eigenvalue weighted by Gasteiger charge is 2.22. The van der Waals surface area contributed by atoms with Crippen LogP contribution in [0.5, 0.6) is 0 Å². The number of hydrogen-bond donors (Lipinski definition) is 3. The van der Waals surface area contributed by atoms with E-state index < -0.39 is 0 Å². The van der Waals surface area contributed by atoms with Gasteiger partial charge in [0.15, 0.2) is 0 Å². The predicted octanol–water partition coefficient (Wildman–Crippen LogP) is 2.57. The molecule has 1 aliphatic carbocycles. The summed E-state index contributed by atoms with van der Waals surface area (Å²) in [4.78, 5) is 8.84. The molecule has 1 heterocycles. The van der Waals surface area contributed by atoms with Gasteiger partial charge in [-0.05, 0) is 26.2 Å². The average Bonchev–Trinajstić information content (AvgIpc) is 2.44. The Morgan fingerprint density at radius 1 is 1.25 bits per heavy atom. The number of hydrogen-bond acceptors (Lipinski definition) is 5. The molecule has 1 fully saturated rings. The minimum Gasteiger partial charge on any atom is -0.393 e. The van der Waals surface area contributed by atoms with E-state index in [1.54, 1.807) is 0 Å². The second-order valence-electron chi connectivity index (χ2n) is 5.64. The van der Waals surface area contributed by atoms with Crippen LogP contribution in [0.2, 0.25) is 0 Å². The Balaban J connectivity index is 1.92. The fourth-order valence-electron chi connectivity index (χ4n) is 2.64. The summed E-state index contributed by atoms with van der Waals surface area (Å²) in [6, 6.07) is 1.95. The third-order valence-corrected chi connectivity index (χ3v) is 3.80. The molecule has 0 amide bonds. The maximum Gasteiger partial charge on any atom is 0.224 e. The van der Waals surface area contributed by atoms with Crippen molar-refractivity contribution in [3.05, 3.63) is 11.8 Å². The van der Waals surface area contributed by atoms with Crippen molar-refractivity contribution < 1.29 is 5.11 Å². The SMILES string of the molecule is CCCNc1nc(C)cc(NCC2CCCCC2O)n1. The summed E-state index contributed by atoms with van der Waals surface area (Å²) in [6.07, 6.45) is 5.27. The van der Waals surface area contributed by atoms with Crippen LogP contribution in [0.3, 0.4) is 0 Å². The van der Waals surface area contributed by atoms with Gasteiger partial charge in [0, 0.05) is 30.8 Å². The standard InChI is InChI=1S/C15H26N4O/c1-3-8-16-15-18-11(2)9-14(19-15)17-10-12-6-4-5-7-13(12)20/h9,12-13,20H,3-8,10H2,1-2H3,(H2,16,17,18,19). The van der Waals surface area contributed by atoms with Crippen molar-refractivity contribution in [2.24, 2.45) is 5.92 Å². The molecular formula is C15H26N4O. The van der Waals surface area contributed by atoms with Crippen LogP contribution < -0.4 is 10.6 Å². The van der Waals surface area contributed by atoms with Gasteiger partial charge in [0.1, 0.15) is 5.82 Å². The number of aliphatic hydroxyl groups excluding tert-OH is 1. The molecule has 0 saturated heterocycles. The van der Waals surface area contributed by atoms with Crippen molar-refractivity contribution in [2.45, 2.75) is 52.1 Å². The molecular weight excluding hydrogens is 252 g/mol. The van der Waals surface area contributed by atoms with Crippen molar-refractivity contribution >= 4 is 11.8 Å². The number of aliphatic hydroxyl groups is 1. The summed E-state index contributed by atoms with van der Waals surface area (Å²) < 4.78 is 0. The van der Waals surface area contributed by atoms with Gasteiger partial charge in [-0.15, -0.1) is 0 Å². The molecule has 1 aliphatic rings. The van der Waals surface area contributed by atoms with Crippen molar-refractivity contribution in [1.29, 1.82) is 0 Å². The number of anilines is 2. The van der Waals surface area contributed by atoms with Crippen molar-refractivity contribution in [2.75, 3.05) is 23.7 Å². The Kier molecular flexibility index (Phi) is 5.59. The Hall–Kier alpha value is -1.36. The second-order valence-corrected chi connectivity index (χ2v) is 5.64. The molecule has 5 heteroatoms. The quantitative estimate of drug-likeness (QED) is 0.746. The van der Waals surface area contributed by atoms with E-state index in [0.29, 0.717) is 11.9 Å². The van der Waals surface area contributed by atoms with Gasteiger partial charge in [0.05, 0.1) is 6.10 Å². The molecule has 2 atom stereocenters. The first kappa shape index (κ1) is 15.0. The van der Waals surface area contributed by atoms with Crippen LogP contribution in [-0.4, -0.2) is 34.3 Å². The number of aromatic nitrogens is 2. The molecule has 1 aromatic heterocycles. The lowest BCUT2D eigenvalue weighted by Crippen LogP contribution is -2.30. The van der Waals surface area contributed by atoms with Gasteiger partial charge in [0.25, 0.3) is 0 Å². The van der Waals surface area contributed by atoms with E-state index in [0.717, 1.165) is 50.3 Å². The van der Waals surface area contributed by atoms with Crippen molar-refractivity contribution in [3.8, 4) is 0 Å². The number of rotatable bonds is 6. The fourth-order valence-corrected chi connectivity index (χ4v) is 2.64. The topological polar surface area (TPSA) is 70.1 Å². The number of aryl methyl sites for hydroxylation is 1. The third-order valence-electron chi connectivity index (χ3n) is 3.80. The molecule has 0 aromatic carbocycles. The molecule has 5 nitrogen and oxygen atoms in total. The van der Waals surface area contributed by atoms with Gasteiger partial charge in [-0.2, -0.15) is 4.98 Å². The molecule has 1 aromatic rings. The Labute approximate surface area is 121 Å². The summed E-state index contributed by atoms with van der Waals surface area (Å²) in [5.74, 6) is 1.86.